The van der Waals surface area contributed by atoms with Gasteiger partial charge in [-0.1, -0.05) is 19.1 Å². The summed E-state index contributed by atoms with van der Waals surface area (Å²) < 4.78 is 13.8. The smallest absolute Gasteiger partial charge is 0.224 e. The standard InChI is InChI=1S/C15H19FN4/c1-4-8-17-15-18-9-11(3)14(20-15)19-13-10(2)6-5-7-12(13)16/h5-7,9H,4,8H2,1-3H3,(H2,17,18,19,20). The molecule has 0 aliphatic carbocycles. The normalized spacial score (nSPS) is 10.4. The number of hydrogen-bond donors (Lipinski definition) is 2. The third-order valence-electron chi connectivity index (χ3n) is 2.97. The molecule has 0 aliphatic heterocycles. The second-order valence-corrected chi connectivity index (χ2v) is 4.71. The van der Waals surface area contributed by atoms with Crippen molar-refractivity contribution in [3.8, 4) is 0 Å². The summed E-state index contributed by atoms with van der Waals surface area (Å²) in [6.45, 7) is 6.63. The Morgan fingerprint density at radius 1 is 1.20 bits per heavy atom. The molecule has 0 spiro atoms. The minimum absolute atomic E-state index is 0.286. The van der Waals surface area contributed by atoms with Crippen LogP contribution in [0.4, 0.5) is 21.8 Å². The van der Waals surface area contributed by atoms with Gasteiger partial charge in [-0.05, 0) is 31.9 Å². The zero-order chi connectivity index (χ0) is 14.5. The van der Waals surface area contributed by atoms with Gasteiger partial charge < -0.3 is 10.6 Å². The van der Waals surface area contributed by atoms with Crippen LogP contribution in [0.15, 0.2) is 24.4 Å². The van der Waals surface area contributed by atoms with Gasteiger partial charge in [0.05, 0.1) is 5.69 Å². The van der Waals surface area contributed by atoms with E-state index in [-0.39, 0.29) is 5.82 Å². The molecule has 0 radical (unpaired) electrons. The molecule has 4 nitrogen and oxygen atoms in total. The summed E-state index contributed by atoms with van der Waals surface area (Å²) in [6.07, 6.45) is 2.72. The first-order valence-corrected chi connectivity index (χ1v) is 6.71. The van der Waals surface area contributed by atoms with E-state index in [9.17, 15) is 4.39 Å². The highest BCUT2D eigenvalue weighted by Crippen LogP contribution is 2.24. The maximum Gasteiger partial charge on any atom is 0.224 e. The molecule has 1 heterocycles. The lowest BCUT2D eigenvalue weighted by Gasteiger charge is -2.13. The number of halogens is 1. The predicted molar refractivity (Wildman–Crippen MR) is 80.0 cm³/mol. The highest BCUT2D eigenvalue weighted by atomic mass is 19.1. The Bertz CT molecular complexity index is 578. The van der Waals surface area contributed by atoms with Gasteiger partial charge in [0.15, 0.2) is 0 Å². The van der Waals surface area contributed by atoms with Crippen molar-refractivity contribution in [2.24, 2.45) is 0 Å². The van der Waals surface area contributed by atoms with Crippen LogP contribution in [-0.2, 0) is 0 Å². The maximum absolute atomic E-state index is 13.8. The average molecular weight is 274 g/mol. The fourth-order valence-electron chi connectivity index (χ4n) is 1.80. The number of para-hydroxylation sites is 1. The Labute approximate surface area is 118 Å². The Kier molecular flexibility index (Phi) is 4.50. The fourth-order valence-corrected chi connectivity index (χ4v) is 1.80. The molecule has 0 atom stereocenters. The molecule has 2 N–H and O–H groups in total. The molecule has 5 heteroatoms. The van der Waals surface area contributed by atoms with Gasteiger partial charge in [0.25, 0.3) is 0 Å². The highest BCUT2D eigenvalue weighted by Gasteiger charge is 2.09. The molecule has 0 unspecified atom stereocenters. The van der Waals surface area contributed by atoms with E-state index >= 15 is 0 Å². The number of nitrogens with zero attached hydrogens (tertiary/aromatic N) is 2. The molecule has 1 aromatic carbocycles. The van der Waals surface area contributed by atoms with E-state index in [4.69, 9.17) is 0 Å². The van der Waals surface area contributed by atoms with Crippen LogP contribution in [0.1, 0.15) is 24.5 Å². The van der Waals surface area contributed by atoms with Gasteiger partial charge in [0.1, 0.15) is 11.6 Å². The largest absolute Gasteiger partial charge is 0.354 e. The Morgan fingerprint density at radius 2 is 2.00 bits per heavy atom. The molecule has 20 heavy (non-hydrogen) atoms. The molecule has 1 aromatic heterocycles. The van der Waals surface area contributed by atoms with Crippen molar-refractivity contribution < 1.29 is 4.39 Å². The van der Waals surface area contributed by atoms with Gasteiger partial charge in [-0.25, -0.2) is 9.37 Å². The Balaban J connectivity index is 2.28. The maximum atomic E-state index is 13.8. The monoisotopic (exact) mass is 274 g/mol. The van der Waals surface area contributed by atoms with Gasteiger partial charge in [0.2, 0.25) is 5.95 Å². The Hall–Kier alpha value is -2.17. The third-order valence-corrected chi connectivity index (χ3v) is 2.97. The van der Waals surface area contributed by atoms with E-state index in [1.54, 1.807) is 12.3 Å². The van der Waals surface area contributed by atoms with Crippen molar-refractivity contribution in [2.75, 3.05) is 17.2 Å². The van der Waals surface area contributed by atoms with E-state index in [0.29, 0.717) is 17.5 Å². The highest BCUT2D eigenvalue weighted by molar-refractivity contribution is 5.63. The molecule has 2 rings (SSSR count). The zero-order valence-electron chi connectivity index (χ0n) is 12.0. The van der Waals surface area contributed by atoms with Crippen LogP contribution in [0.5, 0.6) is 0 Å². The van der Waals surface area contributed by atoms with Crippen LogP contribution in [0, 0.1) is 19.7 Å². The van der Waals surface area contributed by atoms with Crippen molar-refractivity contribution in [1.29, 1.82) is 0 Å². The number of anilines is 3. The molecule has 2 aromatic rings. The van der Waals surface area contributed by atoms with Crippen molar-refractivity contribution >= 4 is 17.5 Å². The molecule has 0 fully saturated rings. The topological polar surface area (TPSA) is 49.8 Å². The van der Waals surface area contributed by atoms with Gasteiger partial charge in [-0.2, -0.15) is 4.98 Å². The molecular weight excluding hydrogens is 255 g/mol. The fraction of sp³-hybridized carbons (Fsp3) is 0.333. The summed E-state index contributed by atoms with van der Waals surface area (Å²) in [5.74, 6) is 0.881. The number of benzene rings is 1. The van der Waals surface area contributed by atoms with E-state index in [0.717, 1.165) is 24.1 Å². The third kappa shape index (κ3) is 3.23. The number of rotatable bonds is 5. The minimum atomic E-state index is -0.286. The summed E-state index contributed by atoms with van der Waals surface area (Å²) in [5.41, 5.74) is 2.16. The number of nitrogens with one attached hydrogen (secondary N) is 2. The first kappa shape index (κ1) is 14.2. The van der Waals surface area contributed by atoms with Crippen LogP contribution >= 0.6 is 0 Å². The molecule has 0 saturated heterocycles. The zero-order valence-corrected chi connectivity index (χ0v) is 12.0. The van der Waals surface area contributed by atoms with E-state index in [1.165, 1.54) is 6.07 Å². The molecule has 0 aliphatic rings. The number of aryl methyl sites for hydroxylation is 2. The SMILES string of the molecule is CCCNc1ncc(C)c(Nc2c(C)cccc2F)n1. The summed E-state index contributed by atoms with van der Waals surface area (Å²) in [7, 11) is 0. The quantitative estimate of drug-likeness (QED) is 0.870. The summed E-state index contributed by atoms with van der Waals surface area (Å²) >= 11 is 0. The molecule has 106 valence electrons. The second kappa shape index (κ2) is 6.32. The van der Waals surface area contributed by atoms with Crippen molar-refractivity contribution in [3.63, 3.8) is 0 Å². The molecule has 0 saturated carbocycles. The molecule has 0 amide bonds. The lowest BCUT2D eigenvalue weighted by atomic mass is 10.2. The average Bonchev–Trinajstić information content (AvgIpc) is 2.43. The second-order valence-electron chi connectivity index (χ2n) is 4.71. The van der Waals surface area contributed by atoms with Crippen LogP contribution in [-0.4, -0.2) is 16.5 Å². The van der Waals surface area contributed by atoms with Gasteiger partial charge in [-0.3, -0.25) is 0 Å². The van der Waals surface area contributed by atoms with Crippen LogP contribution < -0.4 is 10.6 Å². The van der Waals surface area contributed by atoms with E-state index in [1.807, 2.05) is 19.9 Å². The minimum Gasteiger partial charge on any atom is -0.354 e. The summed E-state index contributed by atoms with van der Waals surface area (Å²) in [5, 5.41) is 6.18. The summed E-state index contributed by atoms with van der Waals surface area (Å²) in [6, 6.07) is 4.98. The Morgan fingerprint density at radius 3 is 2.70 bits per heavy atom. The van der Waals surface area contributed by atoms with Crippen molar-refractivity contribution in [2.45, 2.75) is 27.2 Å². The van der Waals surface area contributed by atoms with E-state index in [2.05, 4.69) is 27.5 Å². The first-order valence-electron chi connectivity index (χ1n) is 6.71. The van der Waals surface area contributed by atoms with Gasteiger partial charge >= 0.3 is 0 Å². The van der Waals surface area contributed by atoms with Crippen molar-refractivity contribution in [3.05, 3.63) is 41.3 Å². The van der Waals surface area contributed by atoms with Crippen LogP contribution in [0.2, 0.25) is 0 Å². The number of aromatic nitrogens is 2. The number of hydrogen-bond acceptors (Lipinski definition) is 4. The van der Waals surface area contributed by atoms with Crippen LogP contribution in [0.25, 0.3) is 0 Å². The van der Waals surface area contributed by atoms with Gasteiger partial charge in [-0.15, -0.1) is 0 Å². The lowest BCUT2D eigenvalue weighted by molar-refractivity contribution is 0.630. The van der Waals surface area contributed by atoms with Crippen LogP contribution in [0.3, 0.4) is 0 Å². The lowest BCUT2D eigenvalue weighted by Crippen LogP contribution is -2.07. The van der Waals surface area contributed by atoms with Gasteiger partial charge in [0, 0.05) is 18.3 Å². The van der Waals surface area contributed by atoms with Crippen molar-refractivity contribution in [1.82, 2.24) is 9.97 Å². The summed E-state index contributed by atoms with van der Waals surface area (Å²) in [4.78, 5) is 8.59. The first-order chi connectivity index (χ1) is 9.61. The molecule has 0 bridgehead atoms. The van der Waals surface area contributed by atoms with E-state index < -0.39 is 0 Å². The molecular formula is C15H19FN4. The predicted octanol–water partition coefficient (Wildman–Crippen LogP) is 3.80.